The average molecular weight is 367 g/mol. The molecule has 0 aliphatic carbocycles. The molecule has 0 aromatic heterocycles. The van der Waals surface area contributed by atoms with E-state index in [0.717, 1.165) is 18.4 Å². The monoisotopic (exact) mass is 366 g/mol. The van der Waals surface area contributed by atoms with Crippen LogP contribution >= 0.6 is 0 Å². The summed E-state index contributed by atoms with van der Waals surface area (Å²) in [5, 5.41) is 9.16. The number of benzene rings is 2. The first kappa shape index (κ1) is 21.2. The molecule has 0 aliphatic rings. The van der Waals surface area contributed by atoms with Gasteiger partial charge < -0.3 is 5.11 Å². The van der Waals surface area contributed by atoms with Gasteiger partial charge in [0.05, 0.1) is 5.92 Å². The number of carboxylic acids is 1. The van der Waals surface area contributed by atoms with E-state index in [-0.39, 0.29) is 5.41 Å². The van der Waals surface area contributed by atoms with Gasteiger partial charge in [-0.15, -0.1) is 0 Å². The number of rotatable bonds is 8. The number of carbonyl (C=O) groups is 1. The smallest absolute Gasteiger partial charge is 0.310 e. The van der Waals surface area contributed by atoms with Gasteiger partial charge in [-0.3, -0.25) is 4.79 Å². The summed E-state index contributed by atoms with van der Waals surface area (Å²) in [5.41, 5.74) is 5.01. The van der Waals surface area contributed by atoms with E-state index in [1.165, 1.54) is 16.7 Å². The molecule has 0 amide bonds. The zero-order valence-electron chi connectivity index (χ0n) is 17.6. The van der Waals surface area contributed by atoms with E-state index < -0.39 is 11.9 Å². The summed E-state index contributed by atoms with van der Waals surface area (Å²) in [4.78, 5) is 11.1. The fraction of sp³-hybridized carbons (Fsp3) is 0.480. The van der Waals surface area contributed by atoms with Gasteiger partial charge in [-0.25, -0.2) is 0 Å². The van der Waals surface area contributed by atoms with Crippen molar-refractivity contribution in [1.29, 1.82) is 0 Å². The molecule has 0 saturated carbocycles. The molecule has 0 fully saturated rings. The Balaban J connectivity index is 2.09. The van der Waals surface area contributed by atoms with Crippen LogP contribution < -0.4 is 0 Å². The fourth-order valence-corrected chi connectivity index (χ4v) is 3.61. The maximum Gasteiger partial charge on any atom is 0.310 e. The van der Waals surface area contributed by atoms with Crippen molar-refractivity contribution in [3.8, 4) is 0 Å². The lowest BCUT2D eigenvalue weighted by Crippen LogP contribution is -2.23. The number of hydrogen-bond donors (Lipinski definition) is 1. The molecule has 2 aromatic rings. The summed E-state index contributed by atoms with van der Waals surface area (Å²) in [6.45, 7) is 13.2. The van der Waals surface area contributed by atoms with E-state index in [1.807, 2.05) is 12.1 Å². The molecule has 2 rings (SSSR count). The van der Waals surface area contributed by atoms with Gasteiger partial charge in [-0.05, 0) is 59.3 Å². The Hall–Kier alpha value is -2.09. The predicted molar refractivity (Wildman–Crippen MR) is 113 cm³/mol. The van der Waals surface area contributed by atoms with Gasteiger partial charge >= 0.3 is 5.97 Å². The Morgan fingerprint density at radius 2 is 1.33 bits per heavy atom. The van der Waals surface area contributed by atoms with Crippen LogP contribution in [0, 0.1) is 11.3 Å². The third-order valence-corrected chi connectivity index (χ3v) is 5.81. The lowest BCUT2D eigenvalue weighted by molar-refractivity contribution is -0.138. The van der Waals surface area contributed by atoms with Crippen molar-refractivity contribution in [1.82, 2.24) is 0 Å². The summed E-state index contributed by atoms with van der Waals surface area (Å²) in [6, 6.07) is 17.2. The molecule has 27 heavy (non-hydrogen) atoms. The van der Waals surface area contributed by atoms with Crippen molar-refractivity contribution >= 4 is 5.97 Å². The molecule has 0 spiro atoms. The highest BCUT2D eigenvalue weighted by Crippen LogP contribution is 2.38. The quantitative estimate of drug-likeness (QED) is 0.583. The van der Waals surface area contributed by atoms with E-state index in [2.05, 4.69) is 71.0 Å². The largest absolute Gasteiger partial charge is 0.481 e. The highest BCUT2D eigenvalue weighted by atomic mass is 16.4. The molecule has 2 nitrogen and oxygen atoms in total. The van der Waals surface area contributed by atoms with Crippen LogP contribution in [-0.2, 0) is 17.6 Å². The molecule has 146 valence electrons. The van der Waals surface area contributed by atoms with Gasteiger partial charge in [0.15, 0.2) is 0 Å². The number of aliphatic carboxylic acids is 1. The fourth-order valence-electron chi connectivity index (χ4n) is 3.61. The van der Waals surface area contributed by atoms with Crippen LogP contribution in [0.3, 0.4) is 0 Å². The van der Waals surface area contributed by atoms with Crippen molar-refractivity contribution in [3.05, 3.63) is 70.8 Å². The van der Waals surface area contributed by atoms with Crippen molar-refractivity contribution in [3.63, 3.8) is 0 Å². The van der Waals surface area contributed by atoms with Crippen LogP contribution in [0.2, 0.25) is 0 Å². The lowest BCUT2D eigenvalue weighted by Gasteiger charge is -2.33. The van der Waals surface area contributed by atoms with E-state index in [0.29, 0.717) is 11.8 Å². The van der Waals surface area contributed by atoms with Gasteiger partial charge in [0, 0.05) is 0 Å². The van der Waals surface area contributed by atoms with Crippen LogP contribution in [0.5, 0.6) is 0 Å². The topological polar surface area (TPSA) is 37.3 Å². The normalized spacial score (nSPS) is 14.2. The second-order valence-electron chi connectivity index (χ2n) is 9.03. The molecular formula is C25H34O2. The second-order valence-corrected chi connectivity index (χ2v) is 9.03. The average Bonchev–Trinajstić information content (AvgIpc) is 2.61. The zero-order valence-corrected chi connectivity index (χ0v) is 17.6. The summed E-state index contributed by atoms with van der Waals surface area (Å²) < 4.78 is 0. The maximum atomic E-state index is 11.1. The van der Waals surface area contributed by atoms with Crippen molar-refractivity contribution in [2.24, 2.45) is 11.3 Å². The Morgan fingerprint density at radius 1 is 0.852 bits per heavy atom. The highest BCUT2D eigenvalue weighted by Gasteiger charge is 2.27. The van der Waals surface area contributed by atoms with E-state index in [4.69, 9.17) is 5.11 Å². The first-order valence-electron chi connectivity index (χ1n) is 10.0. The molecule has 0 bridgehead atoms. The molecule has 2 unspecified atom stereocenters. The number of carboxylic acid groups (broad SMARTS) is 1. The second kappa shape index (κ2) is 8.73. The van der Waals surface area contributed by atoms with Crippen LogP contribution in [0.4, 0.5) is 0 Å². The van der Waals surface area contributed by atoms with Gasteiger partial charge in [-0.2, -0.15) is 0 Å². The third kappa shape index (κ3) is 5.69. The van der Waals surface area contributed by atoms with Crippen LogP contribution in [-0.4, -0.2) is 11.1 Å². The molecule has 0 radical (unpaired) electrons. The van der Waals surface area contributed by atoms with Crippen molar-refractivity contribution < 1.29 is 9.90 Å². The Labute approximate surface area is 164 Å². The molecule has 0 heterocycles. The minimum atomic E-state index is -0.780. The maximum absolute atomic E-state index is 11.1. The first-order valence-corrected chi connectivity index (χ1v) is 10.0. The van der Waals surface area contributed by atoms with E-state index in [1.54, 1.807) is 6.92 Å². The highest BCUT2D eigenvalue weighted by molar-refractivity contribution is 5.75. The van der Waals surface area contributed by atoms with Crippen LogP contribution in [0.25, 0.3) is 0 Å². The first-order chi connectivity index (χ1) is 12.6. The van der Waals surface area contributed by atoms with Gasteiger partial charge in [0.2, 0.25) is 0 Å². The molecule has 2 aromatic carbocycles. The summed E-state index contributed by atoms with van der Waals surface area (Å²) in [6.07, 6.45) is 2.09. The molecule has 0 aliphatic heterocycles. The Bertz CT molecular complexity index is 739. The van der Waals surface area contributed by atoms with Crippen LogP contribution in [0.15, 0.2) is 48.5 Å². The van der Waals surface area contributed by atoms with Gasteiger partial charge in [0.1, 0.15) is 0 Å². The van der Waals surface area contributed by atoms with Crippen molar-refractivity contribution in [2.45, 2.75) is 66.2 Å². The summed E-state index contributed by atoms with van der Waals surface area (Å²) >= 11 is 0. The molecule has 1 N–H and O–H groups in total. The van der Waals surface area contributed by atoms with Crippen LogP contribution in [0.1, 0.15) is 75.6 Å². The summed E-state index contributed by atoms with van der Waals surface area (Å²) in [5.74, 6) is -0.132. The minimum absolute atomic E-state index is 0.111. The Morgan fingerprint density at radius 3 is 1.81 bits per heavy atom. The molecule has 2 atom stereocenters. The van der Waals surface area contributed by atoms with E-state index in [9.17, 15) is 4.79 Å². The van der Waals surface area contributed by atoms with Crippen molar-refractivity contribution in [2.75, 3.05) is 0 Å². The molecule has 2 heteroatoms. The summed E-state index contributed by atoms with van der Waals surface area (Å²) in [7, 11) is 0. The molecular weight excluding hydrogens is 332 g/mol. The standard InChI is InChI=1S/C25H34O2/c1-17(2)15-20-7-13-23(14-8-20)19(4)25(5,6)16-21-9-11-22(12-10-21)18(3)24(26)27/h7-14,17-19H,15-16H2,1-6H3,(H,26,27). The number of hydrogen-bond acceptors (Lipinski definition) is 1. The lowest BCUT2D eigenvalue weighted by atomic mass is 9.72. The van der Waals surface area contributed by atoms with Gasteiger partial charge in [0.25, 0.3) is 0 Å². The van der Waals surface area contributed by atoms with Gasteiger partial charge in [-0.1, -0.05) is 83.1 Å². The minimum Gasteiger partial charge on any atom is -0.481 e. The zero-order chi connectivity index (χ0) is 20.2. The SMILES string of the molecule is CC(C)Cc1ccc(C(C)C(C)(C)Cc2ccc(C(C)C(=O)O)cc2)cc1. The molecule has 0 saturated heterocycles. The predicted octanol–water partition coefficient (Wildman–Crippen LogP) is 6.45. The van der Waals surface area contributed by atoms with E-state index >= 15 is 0 Å². The Kier molecular flexibility index (Phi) is 6.86. The third-order valence-electron chi connectivity index (χ3n) is 5.81.